The van der Waals surface area contributed by atoms with Crippen molar-refractivity contribution in [3.8, 4) is 5.75 Å². The van der Waals surface area contributed by atoms with Crippen LogP contribution in [0, 0.1) is 10.1 Å². The molecule has 0 unspecified atom stereocenters. The fraction of sp³-hybridized carbons (Fsp3) is 0.263. The number of ether oxygens (including phenoxy) is 1. The molecule has 11 heteroatoms. The van der Waals surface area contributed by atoms with E-state index in [1.165, 1.54) is 19.2 Å². The number of aromatic nitrogens is 2. The Labute approximate surface area is 172 Å². The predicted molar refractivity (Wildman–Crippen MR) is 111 cm³/mol. The molecule has 2 aromatic carbocycles. The number of methoxy groups -OCH3 is 1. The number of benzene rings is 2. The second kappa shape index (κ2) is 7.75. The van der Waals surface area contributed by atoms with E-state index < -0.39 is 20.6 Å². The molecule has 1 saturated heterocycles. The Kier molecular flexibility index (Phi) is 5.12. The van der Waals surface area contributed by atoms with Crippen molar-refractivity contribution in [3.05, 3.63) is 52.6 Å². The zero-order valence-electron chi connectivity index (χ0n) is 16.1. The molecule has 0 atom stereocenters. The van der Waals surface area contributed by atoms with Gasteiger partial charge in [-0.15, -0.1) is 0 Å². The molecular weight excluding hydrogens is 410 g/mol. The van der Waals surface area contributed by atoms with Gasteiger partial charge in [0.2, 0.25) is 0 Å². The van der Waals surface area contributed by atoms with Crippen molar-refractivity contribution in [1.29, 1.82) is 0 Å². The third kappa shape index (κ3) is 3.71. The lowest BCUT2D eigenvalue weighted by Crippen LogP contribution is -2.23. The van der Waals surface area contributed by atoms with E-state index in [-0.39, 0.29) is 16.5 Å². The molecule has 0 amide bonds. The van der Waals surface area contributed by atoms with Gasteiger partial charge in [0.05, 0.1) is 28.0 Å². The summed E-state index contributed by atoms with van der Waals surface area (Å²) in [4.78, 5) is 21.4. The van der Waals surface area contributed by atoms with E-state index in [0.717, 1.165) is 32.0 Å². The van der Waals surface area contributed by atoms with Crippen molar-refractivity contribution in [2.75, 3.05) is 29.8 Å². The summed E-state index contributed by atoms with van der Waals surface area (Å²) in [6, 6.07) is 10.6. The Bertz CT molecular complexity index is 1230. The van der Waals surface area contributed by atoms with E-state index in [4.69, 9.17) is 4.74 Å². The van der Waals surface area contributed by atoms with Gasteiger partial charge in [-0.3, -0.25) is 14.8 Å². The van der Waals surface area contributed by atoms with Crippen LogP contribution in [0.2, 0.25) is 0 Å². The molecule has 0 radical (unpaired) electrons. The first kappa shape index (κ1) is 19.8. The van der Waals surface area contributed by atoms with E-state index >= 15 is 0 Å². The number of para-hydroxylation sites is 2. The number of hydrogen-bond acceptors (Lipinski definition) is 8. The zero-order chi connectivity index (χ0) is 21.3. The summed E-state index contributed by atoms with van der Waals surface area (Å²) < 4.78 is 33.4. The van der Waals surface area contributed by atoms with Crippen molar-refractivity contribution < 1.29 is 18.1 Å². The van der Waals surface area contributed by atoms with Gasteiger partial charge in [0.15, 0.2) is 17.4 Å². The Morgan fingerprint density at radius 1 is 1.10 bits per heavy atom. The lowest BCUT2D eigenvalue weighted by atomic mass is 10.3. The Morgan fingerprint density at radius 2 is 1.77 bits per heavy atom. The summed E-state index contributed by atoms with van der Waals surface area (Å²) in [6.07, 6.45) is 1.96. The van der Waals surface area contributed by atoms with Crippen LogP contribution in [0.4, 0.5) is 17.3 Å². The number of hydrogen-bond donors (Lipinski definition) is 1. The highest BCUT2D eigenvalue weighted by Crippen LogP contribution is 2.32. The number of rotatable bonds is 6. The van der Waals surface area contributed by atoms with Crippen LogP contribution in [-0.2, 0) is 10.0 Å². The van der Waals surface area contributed by atoms with Crippen molar-refractivity contribution >= 4 is 38.4 Å². The van der Waals surface area contributed by atoms with Crippen LogP contribution in [0.3, 0.4) is 0 Å². The Morgan fingerprint density at radius 3 is 2.40 bits per heavy atom. The predicted octanol–water partition coefficient (Wildman–Crippen LogP) is 2.95. The molecule has 4 rings (SSSR count). The number of anilines is 2. The van der Waals surface area contributed by atoms with Crippen molar-refractivity contribution in [3.63, 3.8) is 0 Å². The minimum Gasteiger partial charge on any atom is -0.490 e. The molecule has 1 fully saturated rings. The SMILES string of the molecule is COc1ccc(S(=O)(=O)Nc2nc3ccccc3nc2N2CCCC2)cc1[N+](=O)[O-]. The van der Waals surface area contributed by atoms with Crippen LogP contribution in [0.1, 0.15) is 12.8 Å². The first-order valence-corrected chi connectivity index (χ1v) is 10.7. The van der Waals surface area contributed by atoms with Gasteiger partial charge >= 0.3 is 5.69 Å². The normalized spacial score (nSPS) is 14.1. The van der Waals surface area contributed by atoms with Gasteiger partial charge in [-0.1, -0.05) is 12.1 Å². The number of nitro groups is 1. The van der Waals surface area contributed by atoms with Crippen LogP contribution in [-0.4, -0.2) is 43.5 Å². The quantitative estimate of drug-likeness (QED) is 0.468. The monoisotopic (exact) mass is 429 g/mol. The largest absolute Gasteiger partial charge is 0.490 e. The first-order valence-electron chi connectivity index (χ1n) is 9.26. The maximum Gasteiger partial charge on any atom is 0.312 e. The Hall–Kier alpha value is -3.47. The lowest BCUT2D eigenvalue weighted by Gasteiger charge is -2.20. The standard InChI is InChI=1S/C19H19N5O5S/c1-29-17-9-8-13(12-16(17)24(25)26)30(27,28)22-18-19(23-10-4-5-11-23)21-15-7-3-2-6-14(15)20-18/h2-3,6-9,12H,4-5,10-11H2,1H3,(H,20,22). The molecule has 0 spiro atoms. The maximum atomic E-state index is 13.0. The lowest BCUT2D eigenvalue weighted by molar-refractivity contribution is -0.386. The summed E-state index contributed by atoms with van der Waals surface area (Å²) in [6.45, 7) is 1.49. The van der Waals surface area contributed by atoms with Crippen LogP contribution in [0.25, 0.3) is 11.0 Å². The van der Waals surface area contributed by atoms with Crippen molar-refractivity contribution in [2.24, 2.45) is 0 Å². The molecule has 0 saturated carbocycles. The molecule has 1 N–H and O–H groups in total. The third-order valence-electron chi connectivity index (χ3n) is 4.85. The smallest absolute Gasteiger partial charge is 0.312 e. The van der Waals surface area contributed by atoms with Crippen LogP contribution >= 0.6 is 0 Å². The highest BCUT2D eigenvalue weighted by atomic mass is 32.2. The van der Waals surface area contributed by atoms with E-state index in [9.17, 15) is 18.5 Å². The third-order valence-corrected chi connectivity index (χ3v) is 6.18. The maximum absolute atomic E-state index is 13.0. The summed E-state index contributed by atoms with van der Waals surface area (Å²) in [5.74, 6) is 0.508. The van der Waals surface area contributed by atoms with Gasteiger partial charge < -0.3 is 9.64 Å². The summed E-state index contributed by atoms with van der Waals surface area (Å²) in [5.41, 5.74) is 0.756. The molecule has 156 valence electrons. The van der Waals surface area contributed by atoms with Gasteiger partial charge in [0.1, 0.15) is 0 Å². The second-order valence-corrected chi connectivity index (χ2v) is 8.46. The van der Waals surface area contributed by atoms with Gasteiger partial charge in [-0.25, -0.2) is 18.4 Å². The van der Waals surface area contributed by atoms with E-state index in [2.05, 4.69) is 14.7 Å². The van der Waals surface area contributed by atoms with Gasteiger partial charge in [0, 0.05) is 19.2 Å². The number of nitrogens with one attached hydrogen (secondary N) is 1. The first-order chi connectivity index (χ1) is 14.4. The topological polar surface area (TPSA) is 128 Å². The molecule has 10 nitrogen and oxygen atoms in total. The molecule has 1 aromatic heterocycles. The molecule has 0 aliphatic carbocycles. The highest BCUT2D eigenvalue weighted by molar-refractivity contribution is 7.92. The Balaban J connectivity index is 1.78. The van der Waals surface area contributed by atoms with Crippen molar-refractivity contribution in [2.45, 2.75) is 17.7 Å². The minimum atomic E-state index is -4.15. The average Bonchev–Trinajstić information content (AvgIpc) is 3.27. The highest BCUT2D eigenvalue weighted by Gasteiger charge is 2.26. The fourth-order valence-corrected chi connectivity index (χ4v) is 4.40. The second-order valence-electron chi connectivity index (χ2n) is 6.77. The van der Waals surface area contributed by atoms with Gasteiger partial charge in [-0.05, 0) is 37.1 Å². The molecule has 0 bridgehead atoms. The summed E-state index contributed by atoms with van der Waals surface area (Å²) in [7, 11) is -2.87. The van der Waals surface area contributed by atoms with E-state index in [1.807, 2.05) is 17.0 Å². The van der Waals surface area contributed by atoms with Gasteiger partial charge in [0.25, 0.3) is 10.0 Å². The van der Waals surface area contributed by atoms with Crippen LogP contribution in [0.5, 0.6) is 5.75 Å². The molecular formula is C19H19N5O5S. The van der Waals surface area contributed by atoms with E-state index in [0.29, 0.717) is 16.9 Å². The summed E-state index contributed by atoms with van der Waals surface area (Å²) >= 11 is 0. The van der Waals surface area contributed by atoms with E-state index in [1.54, 1.807) is 12.1 Å². The van der Waals surface area contributed by atoms with Crippen LogP contribution in [0.15, 0.2) is 47.4 Å². The molecule has 2 heterocycles. The molecule has 30 heavy (non-hydrogen) atoms. The van der Waals surface area contributed by atoms with Crippen molar-refractivity contribution in [1.82, 2.24) is 9.97 Å². The number of fused-ring (bicyclic) bond motifs is 1. The molecule has 3 aromatic rings. The molecule has 1 aliphatic heterocycles. The number of nitrogens with zero attached hydrogens (tertiary/aromatic N) is 4. The molecule has 1 aliphatic rings. The average molecular weight is 429 g/mol. The number of nitro benzene ring substituents is 1. The van der Waals surface area contributed by atoms with Gasteiger partial charge in [-0.2, -0.15) is 0 Å². The van der Waals surface area contributed by atoms with Crippen LogP contribution < -0.4 is 14.4 Å². The summed E-state index contributed by atoms with van der Waals surface area (Å²) in [5, 5.41) is 11.3. The fourth-order valence-electron chi connectivity index (χ4n) is 3.37. The minimum absolute atomic E-state index is 0.0257. The zero-order valence-corrected chi connectivity index (χ0v) is 16.9. The number of sulfonamides is 1.